The van der Waals surface area contributed by atoms with Crippen molar-refractivity contribution in [3.63, 3.8) is 0 Å². The Hall–Kier alpha value is -2.06. The minimum atomic E-state index is -0.0563. The van der Waals surface area contributed by atoms with E-state index in [1.54, 1.807) is 24.3 Å². The first-order valence-electron chi connectivity index (χ1n) is 6.55. The fraction of sp³-hybridized carbons (Fsp3) is 0.467. The monoisotopic (exact) mass is 275 g/mol. The highest BCUT2D eigenvalue weighted by Crippen LogP contribution is 2.17. The molecule has 0 aromatic heterocycles. The second-order valence-electron chi connectivity index (χ2n) is 5.45. The van der Waals surface area contributed by atoms with Gasteiger partial charge in [-0.05, 0) is 32.9 Å². The van der Waals surface area contributed by atoms with Gasteiger partial charge in [-0.1, -0.05) is 6.07 Å². The normalized spacial score (nSPS) is 10.7. The molecule has 5 heteroatoms. The molecule has 2 N–H and O–H groups in total. The van der Waals surface area contributed by atoms with Crippen LogP contribution in [0.3, 0.4) is 0 Å². The van der Waals surface area contributed by atoms with Gasteiger partial charge in [0.2, 0.25) is 5.91 Å². The van der Waals surface area contributed by atoms with Crippen LogP contribution in [-0.2, 0) is 4.79 Å². The smallest absolute Gasteiger partial charge is 0.225 e. The lowest BCUT2D eigenvalue weighted by Crippen LogP contribution is -2.37. The molecule has 1 rings (SSSR count). The van der Waals surface area contributed by atoms with Gasteiger partial charge in [0.25, 0.3) is 0 Å². The summed E-state index contributed by atoms with van der Waals surface area (Å²) >= 11 is 0. The quantitative estimate of drug-likeness (QED) is 0.835. The van der Waals surface area contributed by atoms with Gasteiger partial charge in [-0.15, -0.1) is 0 Å². The number of ether oxygens (including phenoxy) is 1. The molecule has 1 aromatic carbocycles. The largest absolute Gasteiger partial charge is 0.479 e. The van der Waals surface area contributed by atoms with E-state index in [1.807, 2.05) is 6.07 Å². The average molecular weight is 275 g/mol. The summed E-state index contributed by atoms with van der Waals surface area (Å²) in [5, 5.41) is 14.5. The number of rotatable bonds is 6. The van der Waals surface area contributed by atoms with Crippen molar-refractivity contribution < 1.29 is 9.53 Å². The SMILES string of the molecule is CC(C)(C)NCCC(=O)Nc1cccc(OCC#N)c1. The summed E-state index contributed by atoms with van der Waals surface area (Å²) < 4.78 is 5.18. The summed E-state index contributed by atoms with van der Waals surface area (Å²) in [7, 11) is 0. The highest BCUT2D eigenvalue weighted by Gasteiger charge is 2.09. The minimum Gasteiger partial charge on any atom is -0.479 e. The van der Waals surface area contributed by atoms with E-state index in [-0.39, 0.29) is 18.1 Å². The molecule has 1 aromatic rings. The van der Waals surface area contributed by atoms with Crippen LogP contribution in [0.15, 0.2) is 24.3 Å². The van der Waals surface area contributed by atoms with Gasteiger partial charge < -0.3 is 15.4 Å². The number of hydrogen-bond donors (Lipinski definition) is 2. The Balaban J connectivity index is 2.44. The molecular weight excluding hydrogens is 254 g/mol. The molecule has 5 nitrogen and oxygen atoms in total. The number of anilines is 1. The molecule has 0 unspecified atom stereocenters. The number of benzene rings is 1. The molecule has 0 saturated carbocycles. The van der Waals surface area contributed by atoms with E-state index in [4.69, 9.17) is 10.00 Å². The number of amides is 1. The predicted octanol–water partition coefficient (Wildman–Crippen LogP) is 2.31. The number of nitriles is 1. The first kappa shape index (κ1) is 16.0. The van der Waals surface area contributed by atoms with Crippen LogP contribution in [0.25, 0.3) is 0 Å². The van der Waals surface area contributed by atoms with Gasteiger partial charge in [0.05, 0.1) is 0 Å². The van der Waals surface area contributed by atoms with Gasteiger partial charge in [-0.25, -0.2) is 0 Å². The van der Waals surface area contributed by atoms with Crippen LogP contribution in [0.2, 0.25) is 0 Å². The van der Waals surface area contributed by atoms with E-state index in [9.17, 15) is 4.79 Å². The summed E-state index contributed by atoms with van der Waals surface area (Å²) in [6.45, 7) is 6.79. The Morgan fingerprint density at radius 1 is 1.40 bits per heavy atom. The zero-order chi connectivity index (χ0) is 15.0. The number of hydrogen-bond acceptors (Lipinski definition) is 4. The highest BCUT2D eigenvalue weighted by molar-refractivity contribution is 5.91. The Morgan fingerprint density at radius 2 is 2.15 bits per heavy atom. The lowest BCUT2D eigenvalue weighted by Gasteiger charge is -2.20. The third-order valence-corrected chi connectivity index (χ3v) is 2.43. The van der Waals surface area contributed by atoms with Crippen molar-refractivity contribution in [1.29, 1.82) is 5.26 Å². The number of nitrogens with one attached hydrogen (secondary N) is 2. The number of carbonyl (C=O) groups is 1. The van der Waals surface area contributed by atoms with Crippen molar-refractivity contribution in [1.82, 2.24) is 5.32 Å². The Kier molecular flexibility index (Phi) is 6.01. The minimum absolute atomic E-state index is 0.00529. The molecule has 1 amide bonds. The second-order valence-corrected chi connectivity index (χ2v) is 5.45. The van der Waals surface area contributed by atoms with E-state index in [0.717, 1.165) is 0 Å². The number of carbonyl (C=O) groups excluding carboxylic acids is 1. The van der Waals surface area contributed by atoms with Crippen molar-refractivity contribution in [2.75, 3.05) is 18.5 Å². The third kappa shape index (κ3) is 6.76. The van der Waals surface area contributed by atoms with E-state index in [0.29, 0.717) is 24.4 Å². The maximum absolute atomic E-state index is 11.8. The van der Waals surface area contributed by atoms with Crippen molar-refractivity contribution in [3.8, 4) is 11.8 Å². The fourth-order valence-corrected chi connectivity index (χ4v) is 1.55. The molecule has 108 valence electrons. The van der Waals surface area contributed by atoms with Crippen molar-refractivity contribution in [3.05, 3.63) is 24.3 Å². The first-order valence-corrected chi connectivity index (χ1v) is 6.55. The van der Waals surface area contributed by atoms with Gasteiger partial charge in [-0.2, -0.15) is 5.26 Å². The summed E-state index contributed by atoms with van der Waals surface area (Å²) in [6, 6.07) is 8.91. The summed E-state index contributed by atoms with van der Waals surface area (Å²) in [6.07, 6.45) is 0.403. The van der Waals surface area contributed by atoms with Gasteiger partial charge in [0.15, 0.2) is 6.61 Å². The summed E-state index contributed by atoms with van der Waals surface area (Å²) in [5.74, 6) is 0.511. The number of nitrogens with zero attached hydrogens (tertiary/aromatic N) is 1. The molecule has 0 aliphatic carbocycles. The van der Waals surface area contributed by atoms with E-state index in [1.165, 1.54) is 0 Å². The second kappa shape index (κ2) is 7.51. The Morgan fingerprint density at radius 3 is 2.80 bits per heavy atom. The molecule has 0 fully saturated rings. The average Bonchev–Trinajstić information content (AvgIpc) is 2.35. The van der Waals surface area contributed by atoms with Gasteiger partial charge in [0.1, 0.15) is 11.8 Å². The first-order chi connectivity index (χ1) is 9.40. The summed E-state index contributed by atoms with van der Waals surface area (Å²) in [5.41, 5.74) is 0.673. The Labute approximate surface area is 119 Å². The van der Waals surface area contributed by atoms with Crippen molar-refractivity contribution >= 4 is 11.6 Å². The maximum atomic E-state index is 11.8. The van der Waals surface area contributed by atoms with Crippen LogP contribution >= 0.6 is 0 Å². The molecule has 0 radical (unpaired) electrons. The molecule has 0 atom stereocenters. The predicted molar refractivity (Wildman–Crippen MR) is 78.6 cm³/mol. The van der Waals surface area contributed by atoms with Gasteiger partial charge in [0, 0.05) is 30.3 Å². The van der Waals surface area contributed by atoms with E-state index >= 15 is 0 Å². The summed E-state index contributed by atoms with van der Waals surface area (Å²) in [4.78, 5) is 11.8. The lowest BCUT2D eigenvalue weighted by atomic mass is 10.1. The third-order valence-electron chi connectivity index (χ3n) is 2.43. The molecule has 20 heavy (non-hydrogen) atoms. The van der Waals surface area contributed by atoms with Crippen LogP contribution in [0.5, 0.6) is 5.75 Å². The molecule has 0 heterocycles. The van der Waals surface area contributed by atoms with Gasteiger partial charge in [-0.3, -0.25) is 4.79 Å². The van der Waals surface area contributed by atoms with Crippen LogP contribution < -0.4 is 15.4 Å². The van der Waals surface area contributed by atoms with Gasteiger partial charge >= 0.3 is 0 Å². The zero-order valence-corrected chi connectivity index (χ0v) is 12.2. The zero-order valence-electron chi connectivity index (χ0n) is 12.2. The van der Waals surface area contributed by atoms with Crippen LogP contribution in [-0.4, -0.2) is 24.6 Å². The van der Waals surface area contributed by atoms with Crippen LogP contribution in [0.1, 0.15) is 27.2 Å². The molecule has 0 saturated heterocycles. The van der Waals surface area contributed by atoms with E-state index in [2.05, 4.69) is 31.4 Å². The maximum Gasteiger partial charge on any atom is 0.225 e. The standard InChI is InChI=1S/C15H21N3O2/c1-15(2,3)17-9-7-14(19)18-12-5-4-6-13(11-12)20-10-8-16/h4-6,11,17H,7,9-10H2,1-3H3,(H,18,19). The van der Waals surface area contributed by atoms with Crippen molar-refractivity contribution in [2.24, 2.45) is 0 Å². The lowest BCUT2D eigenvalue weighted by molar-refractivity contribution is -0.116. The topological polar surface area (TPSA) is 74.2 Å². The van der Waals surface area contributed by atoms with Crippen molar-refractivity contribution in [2.45, 2.75) is 32.7 Å². The molecule has 0 aliphatic rings. The molecule has 0 bridgehead atoms. The van der Waals surface area contributed by atoms with E-state index < -0.39 is 0 Å². The van der Waals surface area contributed by atoms with Crippen LogP contribution in [0, 0.1) is 11.3 Å². The highest BCUT2D eigenvalue weighted by atomic mass is 16.5. The van der Waals surface area contributed by atoms with Crippen LogP contribution in [0.4, 0.5) is 5.69 Å². The molecule has 0 aliphatic heterocycles. The molecule has 0 spiro atoms. The molecular formula is C15H21N3O2. The fourth-order valence-electron chi connectivity index (χ4n) is 1.55. The Bertz CT molecular complexity index is 487.